The van der Waals surface area contributed by atoms with Gasteiger partial charge in [0, 0.05) is 27.6 Å². The zero-order chi connectivity index (χ0) is 19.7. The number of rotatable bonds is 5. The third-order valence-corrected chi connectivity index (χ3v) is 4.91. The van der Waals surface area contributed by atoms with E-state index in [1.807, 2.05) is 6.07 Å². The predicted octanol–water partition coefficient (Wildman–Crippen LogP) is 4.30. The van der Waals surface area contributed by atoms with Gasteiger partial charge >= 0.3 is 11.6 Å². The molecule has 0 spiro atoms. The molecule has 0 aliphatic carbocycles. The lowest BCUT2D eigenvalue weighted by Gasteiger charge is -2.22. The Morgan fingerprint density at radius 1 is 1.07 bits per heavy atom. The van der Waals surface area contributed by atoms with Gasteiger partial charge in [-0.25, -0.2) is 4.79 Å². The van der Waals surface area contributed by atoms with E-state index < -0.39 is 23.6 Å². The standard InChI is InChI=1S/C21H19ClO5/c1-11(2)20(24)19(21(25)26)12-7-8-14-15(10-18(23)27-17(14)9-12)13-5-3-4-6-16(13)22/h3-11,19-20,24H,1-2H3,(H,25,26)/t19-,20?/m1/s1. The predicted molar refractivity (Wildman–Crippen MR) is 104 cm³/mol. The maximum Gasteiger partial charge on any atom is 0.336 e. The van der Waals surface area contributed by atoms with Crippen molar-refractivity contribution in [3.63, 3.8) is 0 Å². The molecule has 0 saturated carbocycles. The van der Waals surface area contributed by atoms with Crippen LogP contribution in [-0.4, -0.2) is 22.3 Å². The third-order valence-electron chi connectivity index (χ3n) is 4.58. The Balaban J connectivity index is 2.21. The summed E-state index contributed by atoms with van der Waals surface area (Å²) in [4.78, 5) is 23.8. The molecule has 140 valence electrons. The van der Waals surface area contributed by atoms with Crippen molar-refractivity contribution in [3.8, 4) is 11.1 Å². The van der Waals surface area contributed by atoms with E-state index in [-0.39, 0.29) is 11.5 Å². The number of hydrogen-bond acceptors (Lipinski definition) is 4. The molecule has 3 aromatic rings. The average molecular weight is 387 g/mol. The van der Waals surface area contributed by atoms with E-state index in [4.69, 9.17) is 16.0 Å². The van der Waals surface area contributed by atoms with Gasteiger partial charge in [-0.2, -0.15) is 0 Å². The number of aliphatic carboxylic acids is 1. The Morgan fingerprint density at radius 2 is 1.78 bits per heavy atom. The summed E-state index contributed by atoms with van der Waals surface area (Å²) in [5.74, 6) is -2.51. The molecular formula is C21H19ClO5. The summed E-state index contributed by atoms with van der Waals surface area (Å²) in [5.41, 5.74) is 1.34. The molecule has 6 heteroatoms. The zero-order valence-corrected chi connectivity index (χ0v) is 15.6. The summed E-state index contributed by atoms with van der Waals surface area (Å²) >= 11 is 6.27. The van der Waals surface area contributed by atoms with Crippen LogP contribution in [0, 0.1) is 5.92 Å². The topological polar surface area (TPSA) is 87.7 Å². The van der Waals surface area contributed by atoms with Crippen LogP contribution in [0.25, 0.3) is 22.1 Å². The van der Waals surface area contributed by atoms with Crippen molar-refractivity contribution in [1.29, 1.82) is 0 Å². The molecule has 0 amide bonds. The number of aliphatic hydroxyl groups excluding tert-OH is 1. The lowest BCUT2D eigenvalue weighted by molar-refractivity contribution is -0.142. The molecule has 1 aromatic heterocycles. The molecule has 0 bridgehead atoms. The van der Waals surface area contributed by atoms with Crippen molar-refractivity contribution in [1.82, 2.24) is 0 Å². The van der Waals surface area contributed by atoms with Gasteiger partial charge in [-0.05, 0) is 23.6 Å². The van der Waals surface area contributed by atoms with Crippen LogP contribution < -0.4 is 5.63 Å². The molecule has 5 nitrogen and oxygen atoms in total. The zero-order valence-electron chi connectivity index (χ0n) is 14.8. The first-order valence-electron chi connectivity index (χ1n) is 8.53. The van der Waals surface area contributed by atoms with Crippen LogP contribution in [0.2, 0.25) is 5.02 Å². The molecule has 2 aromatic carbocycles. The molecule has 1 heterocycles. The first-order chi connectivity index (χ1) is 12.8. The minimum absolute atomic E-state index is 0.247. The first kappa shape index (κ1) is 19.1. The van der Waals surface area contributed by atoms with E-state index in [0.717, 1.165) is 0 Å². The fourth-order valence-electron chi connectivity index (χ4n) is 3.15. The highest BCUT2D eigenvalue weighted by Crippen LogP contribution is 2.34. The van der Waals surface area contributed by atoms with Crippen molar-refractivity contribution >= 4 is 28.5 Å². The van der Waals surface area contributed by atoms with Crippen molar-refractivity contribution in [3.05, 3.63) is 69.5 Å². The summed E-state index contributed by atoms with van der Waals surface area (Å²) in [7, 11) is 0. The largest absolute Gasteiger partial charge is 0.481 e. The summed E-state index contributed by atoms with van der Waals surface area (Å²) in [5, 5.41) is 21.0. The van der Waals surface area contributed by atoms with Gasteiger partial charge in [0.25, 0.3) is 0 Å². The molecule has 0 saturated heterocycles. The number of carboxylic acids is 1. The van der Waals surface area contributed by atoms with E-state index in [1.54, 1.807) is 44.2 Å². The highest BCUT2D eigenvalue weighted by molar-refractivity contribution is 6.33. The van der Waals surface area contributed by atoms with Crippen LogP contribution in [0.1, 0.15) is 25.3 Å². The van der Waals surface area contributed by atoms with Crippen LogP contribution in [0.4, 0.5) is 0 Å². The Kier molecular flexibility index (Phi) is 5.35. The van der Waals surface area contributed by atoms with Crippen LogP contribution in [-0.2, 0) is 4.79 Å². The molecule has 0 aliphatic heterocycles. The fraction of sp³-hybridized carbons (Fsp3) is 0.238. The van der Waals surface area contributed by atoms with Gasteiger partial charge in [-0.3, -0.25) is 4.79 Å². The van der Waals surface area contributed by atoms with Gasteiger partial charge < -0.3 is 14.6 Å². The minimum Gasteiger partial charge on any atom is -0.481 e. The Morgan fingerprint density at radius 3 is 2.41 bits per heavy atom. The van der Waals surface area contributed by atoms with Crippen LogP contribution >= 0.6 is 11.6 Å². The number of fused-ring (bicyclic) bond motifs is 1. The lowest BCUT2D eigenvalue weighted by atomic mass is 9.86. The van der Waals surface area contributed by atoms with Gasteiger partial charge in [-0.1, -0.05) is 55.8 Å². The van der Waals surface area contributed by atoms with E-state index in [1.165, 1.54) is 12.1 Å². The number of benzene rings is 2. The van der Waals surface area contributed by atoms with Gasteiger partial charge in [0.2, 0.25) is 0 Å². The molecule has 1 unspecified atom stereocenters. The van der Waals surface area contributed by atoms with E-state index >= 15 is 0 Å². The first-order valence-corrected chi connectivity index (χ1v) is 8.91. The fourth-order valence-corrected chi connectivity index (χ4v) is 3.38. The molecule has 2 N–H and O–H groups in total. The molecular weight excluding hydrogens is 368 g/mol. The lowest BCUT2D eigenvalue weighted by Crippen LogP contribution is -2.30. The summed E-state index contributed by atoms with van der Waals surface area (Å²) < 4.78 is 5.30. The molecule has 0 aliphatic rings. The summed E-state index contributed by atoms with van der Waals surface area (Å²) in [6.45, 7) is 3.49. The highest BCUT2D eigenvalue weighted by atomic mass is 35.5. The van der Waals surface area contributed by atoms with E-state index in [0.29, 0.717) is 27.1 Å². The number of carbonyl (C=O) groups is 1. The van der Waals surface area contributed by atoms with Crippen molar-refractivity contribution in [2.75, 3.05) is 0 Å². The van der Waals surface area contributed by atoms with Crippen LogP contribution in [0.15, 0.2) is 57.7 Å². The monoisotopic (exact) mass is 386 g/mol. The smallest absolute Gasteiger partial charge is 0.336 e. The van der Waals surface area contributed by atoms with Gasteiger partial charge in [0.1, 0.15) is 11.5 Å². The highest BCUT2D eigenvalue weighted by Gasteiger charge is 2.31. The maximum absolute atomic E-state index is 12.1. The average Bonchev–Trinajstić information content (AvgIpc) is 2.61. The van der Waals surface area contributed by atoms with Crippen molar-refractivity contribution in [2.45, 2.75) is 25.9 Å². The SMILES string of the molecule is CC(C)C(O)[C@H](C(=O)O)c1ccc2c(-c3ccccc3Cl)cc(=O)oc2c1. The maximum atomic E-state index is 12.1. The quantitative estimate of drug-likeness (QED) is 0.638. The molecule has 0 fully saturated rings. The second-order valence-electron chi connectivity index (χ2n) is 6.77. The number of carboxylic acid groups (broad SMARTS) is 1. The number of halogens is 1. The summed E-state index contributed by atoms with van der Waals surface area (Å²) in [6.07, 6.45) is -1.07. The molecule has 0 radical (unpaired) electrons. The Labute approximate surface area is 160 Å². The van der Waals surface area contributed by atoms with E-state index in [9.17, 15) is 19.8 Å². The van der Waals surface area contributed by atoms with Gasteiger partial charge in [-0.15, -0.1) is 0 Å². The number of aliphatic hydroxyl groups is 1. The summed E-state index contributed by atoms with van der Waals surface area (Å²) in [6, 6.07) is 13.3. The van der Waals surface area contributed by atoms with Crippen LogP contribution in [0.3, 0.4) is 0 Å². The Hall–Kier alpha value is -2.63. The molecule has 3 rings (SSSR count). The normalized spacial score (nSPS) is 13.7. The second-order valence-corrected chi connectivity index (χ2v) is 7.17. The van der Waals surface area contributed by atoms with Gasteiger partial charge in [0.15, 0.2) is 0 Å². The van der Waals surface area contributed by atoms with E-state index in [2.05, 4.69) is 0 Å². The Bertz CT molecular complexity index is 1050. The minimum atomic E-state index is -1.14. The number of hydrogen-bond donors (Lipinski definition) is 2. The van der Waals surface area contributed by atoms with Crippen LogP contribution in [0.5, 0.6) is 0 Å². The van der Waals surface area contributed by atoms with Crippen molar-refractivity contribution < 1.29 is 19.4 Å². The van der Waals surface area contributed by atoms with Gasteiger partial charge in [0.05, 0.1) is 6.10 Å². The third kappa shape index (κ3) is 3.75. The molecule has 2 atom stereocenters. The molecule has 27 heavy (non-hydrogen) atoms. The van der Waals surface area contributed by atoms with Crippen molar-refractivity contribution in [2.24, 2.45) is 5.92 Å². The second kappa shape index (κ2) is 7.55.